The van der Waals surface area contributed by atoms with Crippen LogP contribution in [0.25, 0.3) is 4.85 Å². The molecule has 4 atom stereocenters. The summed E-state index contributed by atoms with van der Waals surface area (Å²) in [5.41, 5.74) is 0.242. The highest BCUT2D eigenvalue weighted by Crippen LogP contribution is 2.46. The molecule has 168 valence electrons. The van der Waals surface area contributed by atoms with Gasteiger partial charge >= 0.3 is 0 Å². The summed E-state index contributed by atoms with van der Waals surface area (Å²) in [4.78, 5) is 18.0. The number of carbonyl (C=O) groups excluding carboxylic acids is 1. The molecule has 1 aromatic carbocycles. The van der Waals surface area contributed by atoms with Gasteiger partial charge in [-0.15, -0.1) is 0 Å². The zero-order chi connectivity index (χ0) is 20.5. The quantitative estimate of drug-likeness (QED) is 0.525. The molecule has 0 aromatic heterocycles. The lowest BCUT2D eigenvalue weighted by atomic mass is 9.85. The van der Waals surface area contributed by atoms with Gasteiger partial charge in [-0.25, -0.2) is 4.85 Å². The van der Waals surface area contributed by atoms with Gasteiger partial charge in [-0.1, -0.05) is 6.07 Å². The van der Waals surface area contributed by atoms with Crippen molar-refractivity contribution in [3.8, 4) is 5.75 Å². The van der Waals surface area contributed by atoms with Crippen molar-refractivity contribution in [3.05, 3.63) is 35.2 Å². The van der Waals surface area contributed by atoms with Crippen molar-refractivity contribution < 1.29 is 24.1 Å². The van der Waals surface area contributed by atoms with Crippen LogP contribution >= 0.6 is 27.0 Å². The van der Waals surface area contributed by atoms with E-state index in [0.717, 1.165) is 0 Å². The highest BCUT2D eigenvalue weighted by molar-refractivity contribution is 7.59. The second-order valence-electron chi connectivity index (χ2n) is 7.78. The molecule has 0 aliphatic carbocycles. The molecule has 3 unspecified atom stereocenters. The summed E-state index contributed by atoms with van der Waals surface area (Å²) < 4.78 is 17.2. The van der Waals surface area contributed by atoms with E-state index in [2.05, 4.69) is 4.85 Å². The molecule has 0 bridgehead atoms. The molecule has 1 fully saturated rings. The van der Waals surface area contributed by atoms with Crippen molar-refractivity contribution in [2.45, 2.75) is 70.6 Å². The van der Waals surface area contributed by atoms with Crippen molar-refractivity contribution in [1.82, 2.24) is 4.90 Å². The number of aliphatic hydroxyl groups is 1. The number of benzene rings is 1. The highest BCUT2D eigenvalue weighted by atomic mass is 32.1. The first-order valence-electron chi connectivity index (χ1n) is 9.71. The molecule has 2 heterocycles. The summed E-state index contributed by atoms with van der Waals surface area (Å²) in [7, 11) is 0. The third-order valence-electron chi connectivity index (χ3n) is 5.42. The van der Waals surface area contributed by atoms with Crippen LogP contribution in [0.2, 0.25) is 0 Å². The molecule has 1 amide bonds. The minimum absolute atomic E-state index is 0. The van der Waals surface area contributed by atoms with Gasteiger partial charge in [-0.2, -0.15) is 27.0 Å². The smallest absolute Gasteiger partial charge is 0.223 e. The first kappa shape index (κ1) is 26.6. The Morgan fingerprint density at radius 1 is 1.37 bits per heavy atom. The Morgan fingerprint density at radius 2 is 2.07 bits per heavy atom. The van der Waals surface area contributed by atoms with E-state index in [9.17, 15) is 9.90 Å². The number of carbonyl (C=O) groups is 1. The largest absolute Gasteiger partial charge is 0.485 e. The first-order chi connectivity index (χ1) is 13.3. The molecule has 9 heteroatoms. The second kappa shape index (κ2) is 10.7. The molecule has 0 spiro atoms. The van der Waals surface area contributed by atoms with Crippen molar-refractivity contribution in [3.63, 3.8) is 0 Å². The van der Waals surface area contributed by atoms with Gasteiger partial charge in [0.2, 0.25) is 5.91 Å². The molecule has 3 rings (SSSR count). The number of amides is 1. The van der Waals surface area contributed by atoms with Crippen LogP contribution < -0.4 is 4.74 Å². The van der Waals surface area contributed by atoms with Crippen LogP contribution in [-0.4, -0.2) is 53.2 Å². The standard InChI is InChI=1S/C21H28N2O5.2H2S/c1-6-26-13(2)27-12-15-8-10-18(24)23(15)19-16-11-14(22-5)7-9-17(16)28-21(3,4)20(19)25;;/h7,9,11,13,15,19-20,25H,6,8,10,12H2,1-4H3;2*1H2/t13?,15?,19?,20-;;/m0../s1. The molecule has 2 aliphatic rings. The summed E-state index contributed by atoms with van der Waals surface area (Å²) in [5.74, 6) is 0.563. The molecule has 1 N–H and O–H groups in total. The zero-order valence-electron chi connectivity index (χ0n) is 17.8. The summed E-state index contributed by atoms with van der Waals surface area (Å²) >= 11 is 0. The lowest BCUT2D eigenvalue weighted by Crippen LogP contribution is -2.55. The van der Waals surface area contributed by atoms with Crippen LogP contribution in [0.4, 0.5) is 5.69 Å². The molecule has 2 aliphatic heterocycles. The number of aliphatic hydroxyl groups excluding tert-OH is 1. The number of rotatable bonds is 6. The number of fused-ring (bicyclic) bond motifs is 1. The molecule has 30 heavy (non-hydrogen) atoms. The van der Waals surface area contributed by atoms with E-state index in [1.165, 1.54) is 0 Å². The molecule has 7 nitrogen and oxygen atoms in total. The second-order valence-corrected chi connectivity index (χ2v) is 7.78. The minimum Gasteiger partial charge on any atom is -0.485 e. The average Bonchev–Trinajstić information content (AvgIpc) is 3.01. The summed E-state index contributed by atoms with van der Waals surface area (Å²) in [6.07, 6.45) is -0.242. The summed E-state index contributed by atoms with van der Waals surface area (Å²) in [6.45, 7) is 15.5. The van der Waals surface area contributed by atoms with Crippen LogP contribution in [0, 0.1) is 6.57 Å². The van der Waals surface area contributed by atoms with Gasteiger partial charge in [-0.05, 0) is 46.2 Å². The van der Waals surface area contributed by atoms with Crippen molar-refractivity contribution in [2.75, 3.05) is 13.2 Å². The topological polar surface area (TPSA) is 72.6 Å². The Labute approximate surface area is 192 Å². The van der Waals surface area contributed by atoms with E-state index in [1.54, 1.807) is 36.9 Å². The van der Waals surface area contributed by atoms with Crippen molar-refractivity contribution in [1.29, 1.82) is 0 Å². The van der Waals surface area contributed by atoms with Gasteiger partial charge in [0.05, 0.1) is 25.3 Å². The van der Waals surface area contributed by atoms with E-state index in [1.807, 2.05) is 13.8 Å². The van der Waals surface area contributed by atoms with Crippen LogP contribution in [0.5, 0.6) is 5.75 Å². The van der Waals surface area contributed by atoms with Gasteiger partial charge in [0.1, 0.15) is 17.5 Å². The normalized spacial score (nSPS) is 25.3. The molecule has 0 saturated carbocycles. The lowest BCUT2D eigenvalue weighted by Gasteiger charge is -2.47. The zero-order valence-corrected chi connectivity index (χ0v) is 19.8. The maximum Gasteiger partial charge on any atom is 0.223 e. The predicted molar refractivity (Wildman–Crippen MR) is 124 cm³/mol. The summed E-state index contributed by atoms with van der Waals surface area (Å²) in [6, 6.07) is 4.37. The molecular formula is C21H32N2O5S2. The number of nitrogens with zero attached hydrogens (tertiary/aromatic N) is 2. The maximum absolute atomic E-state index is 12.8. The fraction of sp³-hybridized carbons (Fsp3) is 0.619. The van der Waals surface area contributed by atoms with Crippen LogP contribution in [0.1, 0.15) is 52.1 Å². The Bertz CT molecular complexity index is 783. The molecular weight excluding hydrogens is 424 g/mol. The fourth-order valence-corrected chi connectivity index (χ4v) is 3.96. The highest BCUT2D eigenvalue weighted by Gasteiger charge is 2.49. The maximum atomic E-state index is 12.8. The lowest BCUT2D eigenvalue weighted by molar-refractivity contribution is -0.157. The third kappa shape index (κ3) is 5.24. The van der Waals surface area contributed by atoms with E-state index in [0.29, 0.717) is 43.1 Å². The Morgan fingerprint density at radius 3 is 2.70 bits per heavy atom. The minimum atomic E-state index is -0.935. The van der Waals surface area contributed by atoms with Gasteiger partial charge in [0.25, 0.3) is 0 Å². The number of hydrogen-bond acceptors (Lipinski definition) is 5. The van der Waals surface area contributed by atoms with Crippen LogP contribution in [0.3, 0.4) is 0 Å². The SMILES string of the molecule is S.S.[C-]#[N+]c1ccc2c(c1)C(N1C(=O)CCC1COC(C)OCC)[C@H](O)C(C)(C)O2. The van der Waals surface area contributed by atoms with Crippen molar-refractivity contribution in [2.24, 2.45) is 0 Å². The Kier molecular flexibility index (Phi) is 9.52. The number of likely N-dealkylation sites (tertiary alicyclic amines) is 1. The van der Waals surface area contributed by atoms with E-state index in [-0.39, 0.29) is 45.2 Å². The Balaban J connectivity index is 0.00000225. The summed E-state index contributed by atoms with van der Waals surface area (Å²) in [5, 5.41) is 11.1. The van der Waals surface area contributed by atoms with Gasteiger partial charge in [0, 0.05) is 18.6 Å². The fourth-order valence-electron chi connectivity index (χ4n) is 3.96. The van der Waals surface area contributed by atoms with E-state index < -0.39 is 17.7 Å². The third-order valence-corrected chi connectivity index (χ3v) is 5.42. The molecule has 1 aromatic rings. The molecule has 0 radical (unpaired) electrons. The Hall–Kier alpha value is -1.44. The van der Waals surface area contributed by atoms with Crippen molar-refractivity contribution >= 4 is 38.6 Å². The number of hydrogen-bond donors (Lipinski definition) is 1. The average molecular weight is 457 g/mol. The van der Waals surface area contributed by atoms with Gasteiger partial charge < -0.3 is 24.2 Å². The van der Waals surface area contributed by atoms with Crippen LogP contribution in [0.15, 0.2) is 18.2 Å². The van der Waals surface area contributed by atoms with Crippen LogP contribution in [-0.2, 0) is 14.3 Å². The monoisotopic (exact) mass is 456 g/mol. The first-order valence-corrected chi connectivity index (χ1v) is 9.71. The molecule has 1 saturated heterocycles. The van der Waals surface area contributed by atoms with E-state index in [4.69, 9.17) is 20.8 Å². The van der Waals surface area contributed by atoms with Gasteiger partial charge in [-0.3, -0.25) is 4.79 Å². The predicted octanol–water partition coefficient (Wildman–Crippen LogP) is 3.43. The van der Waals surface area contributed by atoms with E-state index >= 15 is 0 Å². The van der Waals surface area contributed by atoms with Gasteiger partial charge in [0.15, 0.2) is 12.0 Å². The number of ether oxygens (including phenoxy) is 3.